The summed E-state index contributed by atoms with van der Waals surface area (Å²) in [5, 5.41) is 25.0. The third-order valence-corrected chi connectivity index (χ3v) is 7.94. The molecule has 28 heavy (non-hydrogen) atoms. The first-order valence-electron chi connectivity index (χ1n) is 5.41. The van der Waals surface area contributed by atoms with Gasteiger partial charge in [0.25, 0.3) is 9.79 Å². The van der Waals surface area contributed by atoms with Gasteiger partial charge in [-0.25, -0.2) is 0 Å². The molecule has 0 saturated heterocycles. The minimum absolute atomic E-state index is 0. The molecule has 0 amide bonds. The summed E-state index contributed by atoms with van der Waals surface area (Å²) in [5.41, 5.74) is 0. The topological polar surface area (TPSA) is 95.2 Å². The Morgan fingerprint density at radius 2 is 0.500 bits per heavy atom. The fourth-order valence-electron chi connectivity index (χ4n) is 0.143. The van der Waals surface area contributed by atoms with Gasteiger partial charge in [-0.05, 0) is 33.6 Å². The largest absolute Gasteiger partial charge is 0.512 e. The summed E-state index contributed by atoms with van der Waals surface area (Å²) in [5.74, 6) is 0. The van der Waals surface area contributed by atoms with Crippen molar-refractivity contribution in [3.05, 3.63) is 26.3 Å². The van der Waals surface area contributed by atoms with E-state index in [1.807, 2.05) is 0 Å². The molecule has 0 heterocycles. The molecular formula is C10H16F8N4P4Pt2. The molecule has 0 radical (unpaired) electrons. The molecule has 0 aromatic heterocycles. The molecule has 0 aliphatic carbocycles. The monoisotopic (exact) mass is 858 g/mol. The average Bonchev–Trinajstić information content (AvgIpc) is 2.62. The van der Waals surface area contributed by atoms with Gasteiger partial charge in [-0.3, -0.25) is 0 Å². The molecule has 0 rings (SSSR count). The molecular weight excluding hydrogens is 842 g/mol. The Hall–Kier alpha value is 0.497. The van der Waals surface area contributed by atoms with Crippen molar-refractivity contribution in [2.75, 3.05) is 0 Å². The van der Waals surface area contributed by atoms with E-state index in [-0.39, 0.29) is 42.1 Å². The molecule has 0 fully saturated rings. The molecule has 0 aliphatic heterocycles. The van der Waals surface area contributed by atoms with Crippen LogP contribution in [-0.2, 0) is 42.1 Å². The smallest absolute Gasteiger partial charge is 0.423 e. The minimum atomic E-state index is -3.82. The van der Waals surface area contributed by atoms with Gasteiger partial charge in [-0.2, -0.15) is 0 Å². The van der Waals surface area contributed by atoms with Crippen LogP contribution in [0.4, 0.5) is 33.6 Å². The Balaban J connectivity index is -0.0000000332. The van der Waals surface area contributed by atoms with Crippen molar-refractivity contribution >= 4 is 34.2 Å². The number of hydrogen-bond acceptors (Lipinski definition) is 4. The summed E-state index contributed by atoms with van der Waals surface area (Å²) in [7, 11) is -15.3. The van der Waals surface area contributed by atoms with Crippen molar-refractivity contribution in [1.29, 1.82) is 21.0 Å². The van der Waals surface area contributed by atoms with Crippen LogP contribution in [0.1, 0.15) is 27.7 Å². The molecule has 0 saturated carbocycles. The molecule has 172 valence electrons. The van der Waals surface area contributed by atoms with Crippen molar-refractivity contribution in [2.45, 2.75) is 37.5 Å². The van der Waals surface area contributed by atoms with Crippen molar-refractivity contribution in [3.63, 3.8) is 0 Å². The van der Waals surface area contributed by atoms with Crippen LogP contribution in [0.5, 0.6) is 0 Å². The van der Waals surface area contributed by atoms with Crippen molar-refractivity contribution in [2.24, 2.45) is 0 Å². The van der Waals surface area contributed by atoms with E-state index in [0.29, 0.717) is 0 Å². The summed E-state index contributed by atoms with van der Waals surface area (Å²) >= 11 is 0. The summed E-state index contributed by atoms with van der Waals surface area (Å²) in [6, 6.07) is 0. The second kappa shape index (κ2) is 32.2. The van der Waals surface area contributed by atoms with Gasteiger partial charge in [0.15, 0.2) is 0 Å². The van der Waals surface area contributed by atoms with Crippen LogP contribution in [0.2, 0.25) is 0 Å². The maximum Gasteiger partial charge on any atom is 0.423 e. The summed E-state index contributed by atoms with van der Waals surface area (Å²) in [4.78, 5) is -3.93. The first-order valence-corrected chi connectivity index (χ1v) is 10.4. The van der Waals surface area contributed by atoms with Gasteiger partial charge in [0.05, 0.1) is 0 Å². The van der Waals surface area contributed by atoms with E-state index in [2.05, 4.69) is 0 Å². The minimum Gasteiger partial charge on any atom is -0.512 e. The molecule has 0 aromatic rings. The van der Waals surface area contributed by atoms with E-state index < -0.39 is 44.0 Å². The first kappa shape index (κ1) is 51.3. The van der Waals surface area contributed by atoms with E-state index in [4.69, 9.17) is 47.3 Å². The molecule has 18 heteroatoms. The van der Waals surface area contributed by atoms with Gasteiger partial charge in [-0.15, -0.1) is 0 Å². The van der Waals surface area contributed by atoms with E-state index >= 15 is 0 Å². The maximum atomic E-state index is 11.7. The van der Waals surface area contributed by atoms with Crippen LogP contribution in [0.15, 0.2) is 0 Å². The maximum absolute atomic E-state index is 11.7. The molecule has 0 unspecified atom stereocenters. The Labute approximate surface area is 194 Å². The van der Waals surface area contributed by atoms with E-state index in [0.717, 1.165) is 27.7 Å². The SMILES string of the molecule is CC(C)([PH+](F)F)[PH+](F)F.CC(C)([PH+](F)F)[PH+](F)F.[C-]#N.[C-]#N.[C-]#N.[C-]#N.[Pt].[Pt]. The Kier molecular flexibility index (Phi) is 58.9. The van der Waals surface area contributed by atoms with Gasteiger partial charge in [0, 0.05) is 69.8 Å². The third kappa shape index (κ3) is 28.7. The summed E-state index contributed by atoms with van der Waals surface area (Å²) in [6.45, 7) is 22.7. The van der Waals surface area contributed by atoms with E-state index in [1.165, 1.54) is 0 Å². The van der Waals surface area contributed by atoms with Crippen LogP contribution in [0, 0.1) is 47.3 Å². The van der Waals surface area contributed by atoms with Crippen LogP contribution < -0.4 is 0 Å². The standard InChI is InChI=1S/2C3H6F4P2.4CN.2Pt/c2*1-3(2,8(4)5)9(6)7;4*1-2;;/h2*1-2H3;;;;;;/q;;4*-1;;/p+4. The Bertz CT molecular complexity index is 329. The predicted octanol–water partition coefficient (Wildman–Crippen LogP) is 7.76. The van der Waals surface area contributed by atoms with Crippen LogP contribution in [0.3, 0.4) is 0 Å². The Morgan fingerprint density at radius 1 is 0.429 bits per heavy atom. The molecule has 4 nitrogen and oxygen atoms in total. The molecule has 0 atom stereocenters. The van der Waals surface area contributed by atoms with Gasteiger partial charge in [-0.1, -0.05) is 0 Å². The van der Waals surface area contributed by atoms with Crippen molar-refractivity contribution < 1.29 is 75.7 Å². The fourth-order valence-corrected chi connectivity index (χ4v) is 1.29. The quantitative estimate of drug-likeness (QED) is 0.164. The van der Waals surface area contributed by atoms with E-state index in [1.54, 1.807) is 0 Å². The van der Waals surface area contributed by atoms with Crippen LogP contribution in [-0.4, -0.2) is 9.79 Å². The van der Waals surface area contributed by atoms with Gasteiger partial charge < -0.3 is 47.3 Å². The van der Waals surface area contributed by atoms with Gasteiger partial charge in [0.2, 0.25) is 0 Å². The molecule has 0 spiro atoms. The molecule has 0 bridgehead atoms. The summed E-state index contributed by atoms with van der Waals surface area (Å²) < 4.78 is 93.7. The van der Waals surface area contributed by atoms with Crippen molar-refractivity contribution in [3.8, 4) is 0 Å². The summed E-state index contributed by atoms with van der Waals surface area (Å²) in [6.07, 6.45) is 0. The zero-order valence-electron chi connectivity index (χ0n) is 14.4. The normalized spacial score (nSPS) is 8.86. The van der Waals surface area contributed by atoms with Crippen molar-refractivity contribution in [1.82, 2.24) is 0 Å². The van der Waals surface area contributed by atoms with E-state index in [9.17, 15) is 33.6 Å². The molecule has 0 N–H and O–H groups in total. The second-order valence-electron chi connectivity index (χ2n) is 4.29. The zero-order valence-corrected chi connectivity index (χ0v) is 23.0. The van der Waals surface area contributed by atoms with Crippen LogP contribution >= 0.6 is 34.2 Å². The van der Waals surface area contributed by atoms with Crippen LogP contribution in [0.25, 0.3) is 0 Å². The number of nitrogens with zero attached hydrogens (tertiary/aromatic N) is 4. The van der Waals surface area contributed by atoms with Gasteiger partial charge >= 0.3 is 34.2 Å². The number of rotatable bonds is 4. The molecule has 0 aromatic carbocycles. The second-order valence-corrected chi connectivity index (χ2v) is 12.4. The first-order chi connectivity index (χ1) is 11.8. The number of hydrogen-bond donors (Lipinski definition) is 0. The Morgan fingerprint density at radius 3 is 0.500 bits per heavy atom. The zero-order chi connectivity index (χ0) is 23.3. The molecule has 0 aliphatic rings. The fraction of sp³-hybridized carbons (Fsp3) is 0.600. The van der Waals surface area contributed by atoms with Gasteiger partial charge in [0.1, 0.15) is 0 Å². The average molecular weight is 858 g/mol. The number of halogens is 8. The predicted molar refractivity (Wildman–Crippen MR) is 90.2 cm³/mol. The third-order valence-electron chi connectivity index (χ3n) is 1.89.